The number of carbonyl (C=O) groups is 2. The van der Waals surface area contributed by atoms with Gasteiger partial charge in [-0.3, -0.25) is 4.79 Å². The fourth-order valence-electron chi connectivity index (χ4n) is 2.26. The summed E-state index contributed by atoms with van der Waals surface area (Å²) in [6.07, 6.45) is 0.357. The van der Waals surface area contributed by atoms with Crippen LogP contribution in [0.3, 0.4) is 0 Å². The summed E-state index contributed by atoms with van der Waals surface area (Å²) in [5.41, 5.74) is 1.63. The van der Waals surface area contributed by atoms with Crippen LogP contribution in [0.15, 0.2) is 54.6 Å². The third-order valence-corrected chi connectivity index (χ3v) is 3.41. The Morgan fingerprint density at radius 3 is 2.43 bits per heavy atom. The smallest absolute Gasteiger partial charge is 0.326 e. The van der Waals surface area contributed by atoms with Crippen LogP contribution in [0, 0.1) is 0 Å². The van der Waals surface area contributed by atoms with Crippen molar-refractivity contribution in [2.75, 3.05) is 7.11 Å². The lowest BCUT2D eigenvalue weighted by molar-refractivity contribution is -0.141. The maximum atomic E-state index is 12.0. The number of carboxylic acid groups (broad SMARTS) is 1. The fourth-order valence-corrected chi connectivity index (χ4v) is 2.26. The second-order valence-corrected chi connectivity index (χ2v) is 5.18. The first-order valence-electron chi connectivity index (χ1n) is 7.27. The molecule has 2 aromatic carbocycles. The van der Waals surface area contributed by atoms with Crippen LogP contribution in [-0.2, 0) is 22.4 Å². The molecule has 0 aromatic heterocycles. The maximum absolute atomic E-state index is 12.0. The van der Waals surface area contributed by atoms with Gasteiger partial charge in [-0.15, -0.1) is 0 Å². The van der Waals surface area contributed by atoms with E-state index in [1.807, 2.05) is 36.4 Å². The molecule has 0 unspecified atom stereocenters. The summed E-state index contributed by atoms with van der Waals surface area (Å²) in [5, 5.41) is 11.9. The average molecular weight is 313 g/mol. The van der Waals surface area contributed by atoms with Gasteiger partial charge in [0.2, 0.25) is 5.91 Å². The molecular formula is C18H19NO4. The number of carbonyl (C=O) groups excluding carboxylic acids is 1. The number of rotatable bonds is 7. The molecule has 23 heavy (non-hydrogen) atoms. The number of nitrogens with one attached hydrogen (secondary N) is 1. The van der Waals surface area contributed by atoms with Crippen molar-refractivity contribution in [2.45, 2.75) is 18.9 Å². The lowest BCUT2D eigenvalue weighted by Crippen LogP contribution is -2.43. The molecule has 2 aromatic rings. The Bertz CT molecular complexity index is 670. The quantitative estimate of drug-likeness (QED) is 0.820. The third-order valence-electron chi connectivity index (χ3n) is 3.41. The molecule has 0 heterocycles. The van der Waals surface area contributed by atoms with Gasteiger partial charge in [0.05, 0.1) is 13.5 Å². The van der Waals surface area contributed by atoms with E-state index in [9.17, 15) is 14.7 Å². The number of hydrogen-bond acceptors (Lipinski definition) is 3. The fraction of sp³-hybridized carbons (Fsp3) is 0.222. The second kappa shape index (κ2) is 7.98. The van der Waals surface area contributed by atoms with E-state index in [0.717, 1.165) is 11.1 Å². The minimum atomic E-state index is -1.06. The molecule has 1 amide bonds. The number of carboxylic acids is 1. The summed E-state index contributed by atoms with van der Waals surface area (Å²) in [7, 11) is 1.55. The number of hydrogen-bond donors (Lipinski definition) is 2. The van der Waals surface area contributed by atoms with Crippen molar-refractivity contribution in [3.63, 3.8) is 0 Å². The van der Waals surface area contributed by atoms with Crippen molar-refractivity contribution in [1.29, 1.82) is 0 Å². The van der Waals surface area contributed by atoms with Gasteiger partial charge in [-0.05, 0) is 23.3 Å². The van der Waals surface area contributed by atoms with Gasteiger partial charge >= 0.3 is 5.97 Å². The van der Waals surface area contributed by atoms with Crippen LogP contribution in [-0.4, -0.2) is 30.1 Å². The van der Waals surface area contributed by atoms with Gasteiger partial charge < -0.3 is 15.2 Å². The van der Waals surface area contributed by atoms with E-state index in [0.29, 0.717) is 5.75 Å². The van der Waals surface area contributed by atoms with Gasteiger partial charge in [-0.25, -0.2) is 4.79 Å². The molecule has 0 aliphatic heterocycles. The molecule has 1 atom stereocenters. The normalized spacial score (nSPS) is 11.5. The van der Waals surface area contributed by atoms with Gasteiger partial charge in [0.1, 0.15) is 11.8 Å². The van der Waals surface area contributed by atoms with E-state index in [1.165, 1.54) is 0 Å². The van der Waals surface area contributed by atoms with Crippen molar-refractivity contribution < 1.29 is 19.4 Å². The molecule has 0 fully saturated rings. The lowest BCUT2D eigenvalue weighted by Gasteiger charge is -2.15. The number of benzene rings is 2. The van der Waals surface area contributed by atoms with Crippen molar-refractivity contribution >= 4 is 11.9 Å². The maximum Gasteiger partial charge on any atom is 0.326 e. The topological polar surface area (TPSA) is 75.6 Å². The molecule has 5 nitrogen and oxygen atoms in total. The Morgan fingerprint density at radius 1 is 1.09 bits per heavy atom. The largest absolute Gasteiger partial charge is 0.497 e. The number of aliphatic carboxylic acids is 1. The van der Waals surface area contributed by atoms with Crippen LogP contribution in [0.25, 0.3) is 0 Å². The van der Waals surface area contributed by atoms with Crippen molar-refractivity contribution in [2.24, 2.45) is 0 Å². The van der Waals surface area contributed by atoms with Crippen LogP contribution < -0.4 is 10.1 Å². The molecule has 5 heteroatoms. The molecule has 0 saturated carbocycles. The summed E-state index contributed by atoms with van der Waals surface area (Å²) in [6.45, 7) is 0. The van der Waals surface area contributed by atoms with E-state index < -0.39 is 12.0 Å². The predicted molar refractivity (Wildman–Crippen MR) is 86.4 cm³/mol. The van der Waals surface area contributed by atoms with E-state index in [-0.39, 0.29) is 18.7 Å². The monoisotopic (exact) mass is 313 g/mol. The molecule has 0 bridgehead atoms. The van der Waals surface area contributed by atoms with E-state index in [1.54, 1.807) is 25.3 Å². The minimum absolute atomic E-state index is 0.155. The first-order chi connectivity index (χ1) is 11.1. The molecular weight excluding hydrogens is 294 g/mol. The first kappa shape index (κ1) is 16.5. The highest BCUT2D eigenvalue weighted by atomic mass is 16.5. The standard InChI is InChI=1S/C18H19NO4/c1-23-15-9-5-8-14(10-15)11-16(18(21)22)19-17(20)12-13-6-3-2-4-7-13/h2-10,16H,11-12H2,1H3,(H,19,20)(H,21,22)/t16-/m1/s1. The summed E-state index contributed by atoms with van der Waals surface area (Å²) in [4.78, 5) is 23.4. The highest BCUT2D eigenvalue weighted by Gasteiger charge is 2.20. The SMILES string of the molecule is COc1cccc(C[C@@H](NC(=O)Cc2ccccc2)C(=O)O)c1. The number of methoxy groups -OCH3 is 1. The molecule has 0 saturated heterocycles. The zero-order valence-electron chi connectivity index (χ0n) is 12.9. The van der Waals surface area contributed by atoms with Gasteiger partial charge in [0.25, 0.3) is 0 Å². The van der Waals surface area contributed by atoms with Crippen LogP contribution in [0.1, 0.15) is 11.1 Å². The van der Waals surface area contributed by atoms with Gasteiger partial charge in [0.15, 0.2) is 0 Å². The summed E-state index contributed by atoms with van der Waals surface area (Å²) >= 11 is 0. The molecule has 2 rings (SSSR count). The Morgan fingerprint density at radius 2 is 1.78 bits per heavy atom. The van der Waals surface area contributed by atoms with Gasteiger partial charge in [-0.1, -0.05) is 42.5 Å². The average Bonchev–Trinajstić information content (AvgIpc) is 2.55. The van der Waals surface area contributed by atoms with Crippen molar-refractivity contribution in [3.8, 4) is 5.75 Å². The molecule has 0 radical (unpaired) electrons. The Balaban J connectivity index is 2.00. The second-order valence-electron chi connectivity index (χ2n) is 5.18. The molecule has 0 aliphatic rings. The van der Waals surface area contributed by atoms with E-state index >= 15 is 0 Å². The molecule has 120 valence electrons. The number of amides is 1. The third kappa shape index (κ3) is 5.14. The predicted octanol–water partition coefficient (Wildman–Crippen LogP) is 2.05. The van der Waals surface area contributed by atoms with Crippen molar-refractivity contribution in [1.82, 2.24) is 5.32 Å². The van der Waals surface area contributed by atoms with E-state index in [2.05, 4.69) is 5.32 Å². The summed E-state index contributed by atoms with van der Waals surface area (Å²) in [5.74, 6) is -0.719. The van der Waals surface area contributed by atoms with Crippen LogP contribution >= 0.6 is 0 Å². The van der Waals surface area contributed by atoms with Crippen LogP contribution in [0.4, 0.5) is 0 Å². The Labute approximate surface area is 134 Å². The van der Waals surface area contributed by atoms with Gasteiger partial charge in [-0.2, -0.15) is 0 Å². The minimum Gasteiger partial charge on any atom is -0.497 e. The summed E-state index contributed by atoms with van der Waals surface area (Å²) < 4.78 is 5.12. The summed E-state index contributed by atoms with van der Waals surface area (Å²) in [6, 6.07) is 15.4. The Kier molecular flexibility index (Phi) is 5.74. The van der Waals surface area contributed by atoms with E-state index in [4.69, 9.17) is 4.74 Å². The van der Waals surface area contributed by atoms with Crippen molar-refractivity contribution in [3.05, 3.63) is 65.7 Å². The first-order valence-corrected chi connectivity index (χ1v) is 7.27. The van der Waals surface area contributed by atoms with Gasteiger partial charge in [0, 0.05) is 6.42 Å². The van der Waals surface area contributed by atoms with Crippen LogP contribution in [0.2, 0.25) is 0 Å². The Hall–Kier alpha value is -2.82. The van der Waals surface area contributed by atoms with Crippen LogP contribution in [0.5, 0.6) is 5.75 Å². The highest BCUT2D eigenvalue weighted by Crippen LogP contribution is 2.14. The zero-order valence-corrected chi connectivity index (χ0v) is 12.9. The zero-order chi connectivity index (χ0) is 16.7. The molecule has 2 N–H and O–H groups in total. The highest BCUT2D eigenvalue weighted by molar-refractivity contribution is 5.85. The number of ether oxygens (including phenoxy) is 1. The lowest BCUT2D eigenvalue weighted by atomic mass is 10.0. The molecule has 0 aliphatic carbocycles. The molecule has 0 spiro atoms.